The van der Waals surface area contributed by atoms with Crippen molar-refractivity contribution in [2.24, 2.45) is 5.73 Å². The van der Waals surface area contributed by atoms with Gasteiger partial charge in [0.2, 0.25) is 5.82 Å². The summed E-state index contributed by atoms with van der Waals surface area (Å²) in [5.41, 5.74) is 5.71. The third-order valence-corrected chi connectivity index (χ3v) is 4.53. The lowest BCUT2D eigenvalue weighted by atomic mass is 10.1. The van der Waals surface area contributed by atoms with Crippen LogP contribution in [0.5, 0.6) is 0 Å². The van der Waals surface area contributed by atoms with Crippen LogP contribution in [0.15, 0.2) is 18.5 Å². The van der Waals surface area contributed by atoms with Crippen LogP contribution in [-0.4, -0.2) is 44.5 Å². The lowest BCUT2D eigenvalue weighted by Crippen LogP contribution is -2.16. The van der Waals surface area contributed by atoms with E-state index in [1.165, 1.54) is 17.8 Å². The number of hydrogen-bond acceptors (Lipinski definition) is 8. The minimum absolute atomic E-state index is 0.0662. The molecule has 0 radical (unpaired) electrons. The normalized spacial score (nSPS) is 10.6. The quantitative estimate of drug-likeness (QED) is 0.650. The summed E-state index contributed by atoms with van der Waals surface area (Å²) in [6.07, 6.45) is 3.11. The molecular formula is C14H12N6O4S. The predicted octanol–water partition coefficient (Wildman–Crippen LogP) is 0.632. The fourth-order valence-electron chi connectivity index (χ4n) is 2.17. The van der Waals surface area contributed by atoms with Crippen molar-refractivity contribution in [1.29, 1.82) is 0 Å². The summed E-state index contributed by atoms with van der Waals surface area (Å²) in [6, 6.07) is 1.64. The van der Waals surface area contributed by atoms with Crippen LogP contribution in [0.2, 0.25) is 0 Å². The van der Waals surface area contributed by atoms with Crippen molar-refractivity contribution in [3.8, 4) is 0 Å². The molecule has 0 bridgehead atoms. The molecule has 0 aliphatic carbocycles. The highest BCUT2D eigenvalue weighted by atomic mass is 32.1. The molecule has 0 saturated heterocycles. The van der Waals surface area contributed by atoms with Crippen molar-refractivity contribution in [1.82, 2.24) is 19.6 Å². The number of nitrogens with zero attached hydrogens (tertiary/aromatic N) is 4. The average Bonchev–Trinajstić information content (AvgIpc) is 3.15. The number of anilines is 1. The van der Waals surface area contributed by atoms with E-state index in [1.54, 1.807) is 19.2 Å². The summed E-state index contributed by atoms with van der Waals surface area (Å²) in [4.78, 5) is 44.0. The van der Waals surface area contributed by atoms with Gasteiger partial charge in [0, 0.05) is 12.4 Å². The summed E-state index contributed by atoms with van der Waals surface area (Å²) in [6.45, 7) is 1.55. The van der Waals surface area contributed by atoms with Gasteiger partial charge in [0.05, 0.1) is 17.6 Å². The Kier molecular flexibility index (Phi) is 4.15. The minimum Gasteiger partial charge on any atom is -0.465 e. The van der Waals surface area contributed by atoms with Crippen LogP contribution < -0.4 is 11.1 Å². The second kappa shape index (κ2) is 6.28. The molecule has 0 aromatic carbocycles. The monoisotopic (exact) mass is 360 g/mol. The third-order valence-electron chi connectivity index (χ3n) is 3.31. The number of ether oxygens (including phenoxy) is 1. The Balaban J connectivity index is 1.98. The molecule has 25 heavy (non-hydrogen) atoms. The third kappa shape index (κ3) is 2.92. The fourth-order valence-corrected chi connectivity index (χ4v) is 3.21. The lowest BCUT2D eigenvalue weighted by molar-refractivity contribution is 0.0601. The molecule has 3 N–H and O–H groups in total. The average molecular weight is 360 g/mol. The van der Waals surface area contributed by atoms with Crippen molar-refractivity contribution in [3.63, 3.8) is 0 Å². The van der Waals surface area contributed by atoms with Crippen LogP contribution in [0.1, 0.15) is 36.2 Å². The number of amides is 2. The second-order valence-corrected chi connectivity index (χ2v) is 5.89. The first-order valence-corrected chi connectivity index (χ1v) is 7.74. The van der Waals surface area contributed by atoms with Gasteiger partial charge in [-0.2, -0.15) is 4.98 Å². The number of nitrogens with one attached hydrogen (secondary N) is 1. The zero-order valence-corrected chi connectivity index (χ0v) is 14.0. The van der Waals surface area contributed by atoms with E-state index in [9.17, 15) is 14.4 Å². The Morgan fingerprint density at radius 2 is 2.12 bits per heavy atom. The number of fused-ring (bicyclic) bond motifs is 1. The standard InChI is InChI=1S/C14H12N6O4S/c1-6-7(13(23)24-2)12(25-8(6)9(15)21)18-11(22)10-17-14-16-4-3-5-20(14)19-10/h3-5H,1-2H3,(H2,15,21)(H,18,22). The first-order chi connectivity index (χ1) is 11.9. The van der Waals surface area contributed by atoms with Gasteiger partial charge in [0.15, 0.2) is 0 Å². The van der Waals surface area contributed by atoms with Gasteiger partial charge in [-0.05, 0) is 18.6 Å². The molecule has 128 valence electrons. The van der Waals surface area contributed by atoms with Gasteiger partial charge in [-0.25, -0.2) is 14.3 Å². The molecule has 0 spiro atoms. The molecule has 3 aromatic rings. The number of methoxy groups -OCH3 is 1. The Labute approximate surface area is 144 Å². The number of rotatable bonds is 4. The molecular weight excluding hydrogens is 348 g/mol. The highest BCUT2D eigenvalue weighted by Crippen LogP contribution is 2.33. The molecule has 3 rings (SSSR count). The molecule has 0 fully saturated rings. The molecule has 0 saturated carbocycles. The number of carbonyl (C=O) groups is 3. The molecule has 3 aromatic heterocycles. The van der Waals surface area contributed by atoms with Crippen LogP contribution in [-0.2, 0) is 4.74 Å². The van der Waals surface area contributed by atoms with Crippen molar-refractivity contribution in [3.05, 3.63) is 40.3 Å². The van der Waals surface area contributed by atoms with Crippen LogP contribution in [0, 0.1) is 6.92 Å². The Morgan fingerprint density at radius 1 is 1.36 bits per heavy atom. The summed E-state index contributed by atoms with van der Waals surface area (Å²) in [5.74, 6) is -1.94. The largest absolute Gasteiger partial charge is 0.465 e. The number of carbonyl (C=O) groups excluding carboxylic acids is 3. The Bertz CT molecular complexity index is 975. The summed E-state index contributed by atoms with van der Waals surface area (Å²) in [7, 11) is 1.20. The van der Waals surface area contributed by atoms with Gasteiger partial charge in [0.1, 0.15) is 5.00 Å². The van der Waals surface area contributed by atoms with E-state index < -0.39 is 17.8 Å². The maximum absolute atomic E-state index is 12.4. The molecule has 3 heterocycles. The Morgan fingerprint density at radius 3 is 2.76 bits per heavy atom. The molecule has 0 aliphatic rings. The van der Waals surface area contributed by atoms with E-state index in [1.807, 2.05) is 0 Å². The highest BCUT2D eigenvalue weighted by Gasteiger charge is 2.26. The number of nitrogens with two attached hydrogens (primary N) is 1. The van der Waals surface area contributed by atoms with E-state index in [0.717, 1.165) is 11.3 Å². The fraction of sp³-hybridized carbons (Fsp3) is 0.143. The van der Waals surface area contributed by atoms with Gasteiger partial charge < -0.3 is 15.8 Å². The highest BCUT2D eigenvalue weighted by molar-refractivity contribution is 7.18. The second-order valence-electron chi connectivity index (χ2n) is 4.87. The molecule has 2 amide bonds. The van der Waals surface area contributed by atoms with Gasteiger partial charge in [-0.3, -0.25) is 9.59 Å². The molecule has 0 aliphatic heterocycles. The van der Waals surface area contributed by atoms with E-state index in [2.05, 4.69) is 20.4 Å². The van der Waals surface area contributed by atoms with Gasteiger partial charge in [0.25, 0.3) is 17.6 Å². The number of esters is 1. The zero-order valence-electron chi connectivity index (χ0n) is 13.1. The SMILES string of the molecule is COC(=O)c1c(NC(=O)c2nc3ncccn3n2)sc(C(N)=O)c1C. The van der Waals surface area contributed by atoms with Crippen LogP contribution in [0.4, 0.5) is 5.00 Å². The number of thiophene rings is 1. The number of hydrogen-bond donors (Lipinski definition) is 2. The minimum atomic E-state index is -0.705. The van der Waals surface area contributed by atoms with Crippen molar-refractivity contribution >= 4 is 39.9 Å². The van der Waals surface area contributed by atoms with E-state index >= 15 is 0 Å². The molecule has 0 atom stereocenters. The summed E-state index contributed by atoms with van der Waals surface area (Å²) in [5, 5.41) is 6.65. The van der Waals surface area contributed by atoms with Crippen LogP contribution >= 0.6 is 11.3 Å². The van der Waals surface area contributed by atoms with Gasteiger partial charge in [-0.1, -0.05) is 0 Å². The van der Waals surface area contributed by atoms with Crippen LogP contribution in [0.3, 0.4) is 0 Å². The first kappa shape index (κ1) is 16.5. The Hall–Kier alpha value is -3.34. The first-order valence-electron chi connectivity index (χ1n) is 6.92. The molecule has 10 nitrogen and oxygen atoms in total. The maximum Gasteiger partial charge on any atom is 0.341 e. The van der Waals surface area contributed by atoms with E-state index in [-0.39, 0.29) is 27.0 Å². The van der Waals surface area contributed by atoms with Crippen molar-refractivity contribution in [2.75, 3.05) is 12.4 Å². The predicted molar refractivity (Wildman–Crippen MR) is 87.6 cm³/mol. The van der Waals surface area contributed by atoms with Crippen LogP contribution in [0.25, 0.3) is 5.78 Å². The number of primary amides is 1. The lowest BCUT2D eigenvalue weighted by Gasteiger charge is -2.04. The maximum atomic E-state index is 12.4. The summed E-state index contributed by atoms with van der Waals surface area (Å²) >= 11 is 0.883. The van der Waals surface area contributed by atoms with Gasteiger partial charge >= 0.3 is 5.97 Å². The van der Waals surface area contributed by atoms with E-state index in [4.69, 9.17) is 10.5 Å². The summed E-state index contributed by atoms with van der Waals surface area (Å²) < 4.78 is 6.04. The molecule has 0 unspecified atom stereocenters. The molecule has 11 heteroatoms. The van der Waals surface area contributed by atoms with Gasteiger partial charge in [-0.15, -0.1) is 16.4 Å². The van der Waals surface area contributed by atoms with Crippen molar-refractivity contribution in [2.45, 2.75) is 6.92 Å². The topological polar surface area (TPSA) is 142 Å². The van der Waals surface area contributed by atoms with Crippen molar-refractivity contribution < 1.29 is 19.1 Å². The van der Waals surface area contributed by atoms with E-state index in [0.29, 0.717) is 5.56 Å². The smallest absolute Gasteiger partial charge is 0.341 e. The zero-order chi connectivity index (χ0) is 18.1. The number of aromatic nitrogens is 4.